The molecule has 7 heteroatoms. The lowest BCUT2D eigenvalue weighted by atomic mass is 9.75. The number of aromatic nitrogens is 3. The molecule has 0 radical (unpaired) electrons. The van der Waals surface area contributed by atoms with Crippen LogP contribution in [0, 0.1) is 5.92 Å². The van der Waals surface area contributed by atoms with Crippen molar-refractivity contribution in [3.05, 3.63) is 40.9 Å². The molecule has 1 unspecified atom stereocenters. The van der Waals surface area contributed by atoms with Gasteiger partial charge < -0.3 is 10.1 Å². The van der Waals surface area contributed by atoms with Crippen molar-refractivity contribution < 1.29 is 9.53 Å². The number of H-pyrrole nitrogens is 1. The van der Waals surface area contributed by atoms with Crippen LogP contribution >= 0.6 is 11.6 Å². The lowest BCUT2D eigenvalue weighted by molar-refractivity contribution is -0.129. The fourth-order valence-corrected chi connectivity index (χ4v) is 3.45. The van der Waals surface area contributed by atoms with E-state index in [4.69, 9.17) is 16.3 Å². The van der Waals surface area contributed by atoms with E-state index in [1.54, 1.807) is 6.07 Å². The number of amides is 1. The molecule has 6 nitrogen and oxygen atoms in total. The van der Waals surface area contributed by atoms with Gasteiger partial charge in [0.15, 0.2) is 0 Å². The maximum Gasteiger partial charge on any atom is 0.227 e. The van der Waals surface area contributed by atoms with Gasteiger partial charge in [0.1, 0.15) is 24.5 Å². The Morgan fingerprint density at radius 3 is 3.00 bits per heavy atom. The standard InChI is InChI=1S/C16H17ClN4O2/c17-12-2-3-13-10(7-12)6-11(8-23-13)14(22)20-16(4-1-5-16)15-18-9-19-21-15/h2-3,7,9,11H,1,4-6,8H2,(H,20,22)(H,18,19,21). The Bertz CT molecular complexity index is 728. The molecule has 23 heavy (non-hydrogen) atoms. The minimum Gasteiger partial charge on any atom is -0.492 e. The number of nitrogens with one attached hydrogen (secondary N) is 2. The second-order valence-corrected chi connectivity index (χ2v) is 6.66. The van der Waals surface area contributed by atoms with Gasteiger partial charge in [0, 0.05) is 5.02 Å². The Hall–Kier alpha value is -2.08. The van der Waals surface area contributed by atoms with Crippen LogP contribution in [0.25, 0.3) is 0 Å². The van der Waals surface area contributed by atoms with Crippen molar-refractivity contribution in [3.63, 3.8) is 0 Å². The Morgan fingerprint density at radius 2 is 2.30 bits per heavy atom. The summed E-state index contributed by atoms with van der Waals surface area (Å²) in [5.41, 5.74) is 0.577. The number of benzene rings is 1. The van der Waals surface area contributed by atoms with E-state index < -0.39 is 5.54 Å². The van der Waals surface area contributed by atoms with Crippen LogP contribution in [0.4, 0.5) is 0 Å². The summed E-state index contributed by atoms with van der Waals surface area (Å²) in [7, 11) is 0. The SMILES string of the molecule is O=C(NC1(c2ncn[nH]2)CCC1)C1COc2ccc(Cl)cc2C1. The molecular formula is C16H17ClN4O2. The minimum atomic E-state index is -0.401. The predicted octanol–water partition coefficient (Wildman–Crippen LogP) is 2.20. The Kier molecular flexibility index (Phi) is 3.49. The second-order valence-electron chi connectivity index (χ2n) is 6.22. The molecule has 1 aromatic carbocycles. The van der Waals surface area contributed by atoms with Gasteiger partial charge in [-0.05, 0) is 49.4 Å². The first-order valence-corrected chi connectivity index (χ1v) is 8.13. The summed E-state index contributed by atoms with van der Waals surface area (Å²) >= 11 is 6.03. The van der Waals surface area contributed by atoms with Crippen molar-refractivity contribution in [2.75, 3.05) is 6.61 Å². The summed E-state index contributed by atoms with van der Waals surface area (Å²) in [5, 5.41) is 10.6. The van der Waals surface area contributed by atoms with Crippen LogP contribution in [0.15, 0.2) is 24.5 Å². The number of nitrogens with zero attached hydrogens (tertiary/aromatic N) is 2. The van der Waals surface area contributed by atoms with Crippen LogP contribution in [-0.2, 0) is 16.8 Å². The Labute approximate surface area is 138 Å². The predicted molar refractivity (Wildman–Crippen MR) is 84.2 cm³/mol. The molecule has 1 atom stereocenters. The number of aromatic amines is 1. The highest BCUT2D eigenvalue weighted by Gasteiger charge is 2.44. The van der Waals surface area contributed by atoms with E-state index in [9.17, 15) is 4.79 Å². The first-order chi connectivity index (χ1) is 11.2. The first-order valence-electron chi connectivity index (χ1n) is 7.75. The Balaban J connectivity index is 1.50. The van der Waals surface area contributed by atoms with Gasteiger partial charge in [-0.1, -0.05) is 11.6 Å². The van der Waals surface area contributed by atoms with Gasteiger partial charge in [-0.3, -0.25) is 9.89 Å². The van der Waals surface area contributed by atoms with Gasteiger partial charge in [-0.15, -0.1) is 0 Å². The van der Waals surface area contributed by atoms with E-state index in [0.29, 0.717) is 18.1 Å². The van der Waals surface area contributed by atoms with Gasteiger partial charge in [-0.25, -0.2) is 4.98 Å². The average Bonchev–Trinajstić information content (AvgIpc) is 3.04. The molecule has 1 saturated carbocycles. The van der Waals surface area contributed by atoms with E-state index in [0.717, 1.165) is 36.4 Å². The third kappa shape index (κ3) is 2.57. The molecule has 0 bridgehead atoms. The van der Waals surface area contributed by atoms with Crippen molar-refractivity contribution in [2.24, 2.45) is 5.92 Å². The summed E-state index contributed by atoms with van der Waals surface area (Å²) < 4.78 is 5.71. The highest BCUT2D eigenvalue weighted by atomic mass is 35.5. The lowest BCUT2D eigenvalue weighted by Crippen LogP contribution is -2.54. The van der Waals surface area contributed by atoms with Crippen LogP contribution < -0.4 is 10.1 Å². The van der Waals surface area contributed by atoms with Gasteiger partial charge >= 0.3 is 0 Å². The summed E-state index contributed by atoms with van der Waals surface area (Å²) in [5.74, 6) is 1.32. The summed E-state index contributed by atoms with van der Waals surface area (Å²) in [6.45, 7) is 0.382. The molecule has 1 amide bonds. The zero-order valence-electron chi connectivity index (χ0n) is 12.5. The van der Waals surface area contributed by atoms with E-state index >= 15 is 0 Å². The third-order valence-electron chi connectivity index (χ3n) is 4.74. The minimum absolute atomic E-state index is 0.00766. The van der Waals surface area contributed by atoms with Crippen molar-refractivity contribution in [2.45, 2.75) is 31.2 Å². The van der Waals surface area contributed by atoms with Gasteiger partial charge in [0.05, 0.1) is 11.5 Å². The monoisotopic (exact) mass is 332 g/mol. The number of hydrogen-bond acceptors (Lipinski definition) is 4. The summed E-state index contributed by atoms with van der Waals surface area (Å²) in [4.78, 5) is 16.9. The fraction of sp³-hybridized carbons (Fsp3) is 0.438. The van der Waals surface area contributed by atoms with Crippen LogP contribution in [0.3, 0.4) is 0 Å². The number of fused-ring (bicyclic) bond motifs is 1. The maximum absolute atomic E-state index is 12.7. The zero-order chi connectivity index (χ0) is 15.9. The molecule has 2 heterocycles. The van der Waals surface area contributed by atoms with Crippen LogP contribution in [-0.4, -0.2) is 27.7 Å². The van der Waals surface area contributed by atoms with Crippen LogP contribution in [0.2, 0.25) is 5.02 Å². The first kappa shape index (κ1) is 14.5. The van der Waals surface area contributed by atoms with Gasteiger partial charge in [0.25, 0.3) is 0 Å². The molecule has 1 aromatic heterocycles. The van der Waals surface area contributed by atoms with Gasteiger partial charge in [-0.2, -0.15) is 5.10 Å². The molecule has 1 fully saturated rings. The molecule has 1 aliphatic carbocycles. The van der Waals surface area contributed by atoms with E-state index in [2.05, 4.69) is 20.5 Å². The molecule has 2 N–H and O–H groups in total. The number of hydrogen-bond donors (Lipinski definition) is 2. The van der Waals surface area contributed by atoms with Crippen molar-refractivity contribution in [1.29, 1.82) is 0 Å². The molecule has 2 aromatic rings. The fourth-order valence-electron chi connectivity index (χ4n) is 3.26. The quantitative estimate of drug-likeness (QED) is 0.903. The van der Waals surface area contributed by atoms with Crippen LogP contribution in [0.5, 0.6) is 5.75 Å². The maximum atomic E-state index is 12.7. The third-order valence-corrected chi connectivity index (χ3v) is 4.97. The van der Waals surface area contributed by atoms with E-state index in [1.165, 1.54) is 6.33 Å². The molecule has 120 valence electrons. The van der Waals surface area contributed by atoms with Gasteiger partial charge in [0.2, 0.25) is 5.91 Å². The number of carbonyl (C=O) groups excluding carboxylic acids is 1. The highest BCUT2D eigenvalue weighted by Crippen LogP contribution is 2.40. The number of ether oxygens (including phenoxy) is 1. The Morgan fingerprint density at radius 1 is 1.43 bits per heavy atom. The van der Waals surface area contributed by atoms with Crippen molar-refractivity contribution in [3.8, 4) is 5.75 Å². The average molecular weight is 333 g/mol. The molecule has 0 saturated heterocycles. The number of carbonyl (C=O) groups is 1. The highest BCUT2D eigenvalue weighted by molar-refractivity contribution is 6.30. The summed E-state index contributed by atoms with van der Waals surface area (Å²) in [6.07, 6.45) is 4.94. The molecule has 0 spiro atoms. The molecule has 2 aliphatic rings. The molecule has 1 aliphatic heterocycles. The second kappa shape index (κ2) is 5.53. The number of rotatable bonds is 3. The molecular weight excluding hydrogens is 316 g/mol. The van der Waals surface area contributed by atoms with Crippen molar-refractivity contribution >= 4 is 17.5 Å². The topological polar surface area (TPSA) is 79.9 Å². The van der Waals surface area contributed by atoms with Crippen LogP contribution in [0.1, 0.15) is 30.7 Å². The normalized spacial score (nSPS) is 21.7. The van der Waals surface area contributed by atoms with E-state index in [-0.39, 0.29) is 11.8 Å². The van der Waals surface area contributed by atoms with E-state index in [1.807, 2.05) is 12.1 Å². The van der Waals surface area contributed by atoms with Crippen molar-refractivity contribution in [1.82, 2.24) is 20.5 Å². The lowest BCUT2D eigenvalue weighted by Gasteiger charge is -2.41. The number of halogens is 1. The largest absolute Gasteiger partial charge is 0.492 e. The summed E-state index contributed by atoms with van der Waals surface area (Å²) in [6, 6.07) is 5.52. The zero-order valence-corrected chi connectivity index (χ0v) is 13.3. The molecule has 4 rings (SSSR count). The smallest absolute Gasteiger partial charge is 0.227 e.